The molecule has 0 aliphatic rings. The first-order valence-electron chi connectivity index (χ1n) is 6.13. The number of anilines is 1. The van der Waals surface area contributed by atoms with Crippen molar-refractivity contribution in [2.75, 3.05) is 11.9 Å². The van der Waals surface area contributed by atoms with Gasteiger partial charge in [-0.3, -0.25) is 0 Å². The summed E-state index contributed by atoms with van der Waals surface area (Å²) in [5.41, 5.74) is 1.01. The number of aryl methyl sites for hydroxylation is 1. The maximum atomic E-state index is 5.78. The van der Waals surface area contributed by atoms with Gasteiger partial charge in [-0.05, 0) is 38.1 Å². The smallest absolute Gasteiger partial charge is 0.126 e. The van der Waals surface area contributed by atoms with Crippen LogP contribution in [0.3, 0.4) is 0 Å². The minimum absolute atomic E-state index is 0.0923. The van der Waals surface area contributed by atoms with E-state index in [0.29, 0.717) is 0 Å². The van der Waals surface area contributed by atoms with Gasteiger partial charge in [0.25, 0.3) is 0 Å². The highest BCUT2D eigenvalue weighted by Gasteiger charge is 2.03. The van der Waals surface area contributed by atoms with E-state index in [0.717, 1.165) is 23.8 Å². The molecule has 0 aliphatic carbocycles. The van der Waals surface area contributed by atoms with Crippen LogP contribution in [-0.4, -0.2) is 17.6 Å². The molecule has 2 aromatic rings. The van der Waals surface area contributed by atoms with Crippen molar-refractivity contribution in [3.05, 3.63) is 54.2 Å². The first kappa shape index (κ1) is 12.4. The lowest BCUT2D eigenvalue weighted by atomic mass is 10.3. The molecule has 0 aliphatic heterocycles. The Balaban J connectivity index is 1.83. The molecule has 18 heavy (non-hydrogen) atoms. The normalized spacial score (nSPS) is 11.9. The van der Waals surface area contributed by atoms with Gasteiger partial charge >= 0.3 is 0 Å². The van der Waals surface area contributed by atoms with E-state index in [9.17, 15) is 0 Å². The number of aromatic nitrogens is 1. The second-order valence-corrected chi connectivity index (χ2v) is 4.29. The monoisotopic (exact) mass is 242 g/mol. The second kappa shape index (κ2) is 6.05. The summed E-state index contributed by atoms with van der Waals surface area (Å²) in [5.74, 6) is 1.78. The van der Waals surface area contributed by atoms with Crippen molar-refractivity contribution in [3.63, 3.8) is 0 Å². The fourth-order valence-corrected chi connectivity index (χ4v) is 1.66. The van der Waals surface area contributed by atoms with E-state index in [-0.39, 0.29) is 6.10 Å². The summed E-state index contributed by atoms with van der Waals surface area (Å²) in [4.78, 5) is 4.39. The number of hydrogen-bond donors (Lipinski definition) is 1. The van der Waals surface area contributed by atoms with E-state index < -0.39 is 0 Å². The second-order valence-electron chi connectivity index (χ2n) is 4.29. The van der Waals surface area contributed by atoms with Crippen LogP contribution in [0.1, 0.15) is 12.6 Å². The summed E-state index contributed by atoms with van der Waals surface area (Å²) in [7, 11) is 0. The van der Waals surface area contributed by atoms with Crippen molar-refractivity contribution < 1.29 is 4.74 Å². The summed E-state index contributed by atoms with van der Waals surface area (Å²) >= 11 is 0. The Bertz CT molecular complexity index is 485. The molecule has 1 unspecified atom stereocenters. The molecule has 1 N–H and O–H groups in total. The van der Waals surface area contributed by atoms with Gasteiger partial charge in [-0.1, -0.05) is 24.3 Å². The predicted molar refractivity (Wildman–Crippen MR) is 74.0 cm³/mol. The minimum atomic E-state index is 0.0923. The summed E-state index contributed by atoms with van der Waals surface area (Å²) in [6.07, 6.45) is 0.0923. The summed E-state index contributed by atoms with van der Waals surface area (Å²) in [5, 5.41) is 3.27. The van der Waals surface area contributed by atoms with Gasteiger partial charge in [-0.25, -0.2) is 4.98 Å². The highest BCUT2D eigenvalue weighted by molar-refractivity contribution is 5.35. The number of hydrogen-bond acceptors (Lipinski definition) is 3. The molecular formula is C15H18N2O. The number of pyridine rings is 1. The number of benzene rings is 1. The third kappa shape index (κ3) is 3.77. The van der Waals surface area contributed by atoms with E-state index in [1.54, 1.807) is 0 Å². The third-order valence-electron chi connectivity index (χ3n) is 2.54. The molecule has 0 bridgehead atoms. The largest absolute Gasteiger partial charge is 0.489 e. The molecule has 0 saturated carbocycles. The van der Waals surface area contributed by atoms with Gasteiger partial charge in [0.15, 0.2) is 0 Å². The molecule has 0 amide bonds. The van der Waals surface area contributed by atoms with E-state index in [4.69, 9.17) is 4.74 Å². The van der Waals surface area contributed by atoms with Crippen molar-refractivity contribution in [2.24, 2.45) is 0 Å². The Hall–Kier alpha value is -2.03. The van der Waals surface area contributed by atoms with Crippen LogP contribution in [-0.2, 0) is 0 Å². The summed E-state index contributed by atoms with van der Waals surface area (Å²) in [6, 6.07) is 15.8. The molecule has 0 saturated heterocycles. The average Bonchev–Trinajstić information content (AvgIpc) is 2.38. The van der Waals surface area contributed by atoms with Gasteiger partial charge < -0.3 is 10.1 Å². The van der Waals surface area contributed by atoms with Gasteiger partial charge in [0.05, 0.1) is 6.54 Å². The molecule has 0 spiro atoms. The standard InChI is InChI=1S/C15H18N2O/c1-12-7-6-10-15(17-12)16-11-13(2)18-14-8-4-3-5-9-14/h3-10,13H,11H2,1-2H3,(H,16,17). The van der Waals surface area contributed by atoms with Crippen molar-refractivity contribution in [2.45, 2.75) is 20.0 Å². The van der Waals surface area contributed by atoms with Crippen LogP contribution >= 0.6 is 0 Å². The first-order valence-corrected chi connectivity index (χ1v) is 6.13. The number of nitrogens with one attached hydrogen (secondary N) is 1. The van der Waals surface area contributed by atoms with Gasteiger partial charge in [0, 0.05) is 5.69 Å². The zero-order chi connectivity index (χ0) is 12.8. The van der Waals surface area contributed by atoms with E-state index in [1.807, 2.05) is 62.4 Å². The SMILES string of the molecule is Cc1cccc(NCC(C)Oc2ccccc2)n1. The number of nitrogens with zero attached hydrogens (tertiary/aromatic N) is 1. The number of para-hydroxylation sites is 1. The molecule has 1 aromatic heterocycles. The van der Waals surface area contributed by atoms with Crippen molar-refractivity contribution in [1.82, 2.24) is 4.98 Å². The quantitative estimate of drug-likeness (QED) is 0.873. The first-order chi connectivity index (χ1) is 8.74. The van der Waals surface area contributed by atoms with Crippen molar-refractivity contribution in [1.29, 1.82) is 0 Å². The molecule has 0 radical (unpaired) electrons. The molecule has 1 heterocycles. The Morgan fingerprint density at radius 3 is 2.61 bits per heavy atom. The lowest BCUT2D eigenvalue weighted by Crippen LogP contribution is -2.23. The summed E-state index contributed by atoms with van der Waals surface area (Å²) < 4.78 is 5.78. The van der Waals surface area contributed by atoms with Crippen LogP contribution in [0.4, 0.5) is 5.82 Å². The highest BCUT2D eigenvalue weighted by atomic mass is 16.5. The lowest BCUT2D eigenvalue weighted by Gasteiger charge is -2.15. The van der Waals surface area contributed by atoms with Gasteiger partial charge in [0.1, 0.15) is 17.7 Å². The van der Waals surface area contributed by atoms with E-state index >= 15 is 0 Å². The van der Waals surface area contributed by atoms with Gasteiger partial charge in [-0.15, -0.1) is 0 Å². The predicted octanol–water partition coefficient (Wildman–Crippen LogP) is 3.27. The number of rotatable bonds is 5. The third-order valence-corrected chi connectivity index (χ3v) is 2.54. The van der Waals surface area contributed by atoms with Crippen LogP contribution in [0.25, 0.3) is 0 Å². The average molecular weight is 242 g/mol. The molecule has 1 atom stereocenters. The molecular weight excluding hydrogens is 224 g/mol. The van der Waals surface area contributed by atoms with Crippen LogP contribution in [0.5, 0.6) is 5.75 Å². The van der Waals surface area contributed by atoms with Crippen molar-refractivity contribution >= 4 is 5.82 Å². The molecule has 3 heteroatoms. The minimum Gasteiger partial charge on any atom is -0.489 e. The molecule has 2 rings (SSSR count). The van der Waals surface area contributed by atoms with Crippen LogP contribution in [0.15, 0.2) is 48.5 Å². The molecule has 3 nitrogen and oxygen atoms in total. The zero-order valence-corrected chi connectivity index (χ0v) is 10.8. The molecule has 94 valence electrons. The van der Waals surface area contributed by atoms with Crippen LogP contribution in [0.2, 0.25) is 0 Å². The molecule has 1 aromatic carbocycles. The maximum Gasteiger partial charge on any atom is 0.126 e. The zero-order valence-electron chi connectivity index (χ0n) is 10.8. The van der Waals surface area contributed by atoms with Gasteiger partial charge in [-0.2, -0.15) is 0 Å². The molecule has 0 fully saturated rings. The van der Waals surface area contributed by atoms with Gasteiger partial charge in [0.2, 0.25) is 0 Å². The Kier molecular flexibility index (Phi) is 4.18. The maximum absolute atomic E-state index is 5.78. The van der Waals surface area contributed by atoms with E-state index in [2.05, 4.69) is 10.3 Å². The van der Waals surface area contributed by atoms with E-state index in [1.165, 1.54) is 0 Å². The van der Waals surface area contributed by atoms with Crippen molar-refractivity contribution in [3.8, 4) is 5.75 Å². The Morgan fingerprint density at radius 1 is 1.11 bits per heavy atom. The lowest BCUT2D eigenvalue weighted by molar-refractivity contribution is 0.234. The van der Waals surface area contributed by atoms with Crippen LogP contribution in [0, 0.1) is 6.92 Å². The topological polar surface area (TPSA) is 34.1 Å². The van der Waals surface area contributed by atoms with Crippen LogP contribution < -0.4 is 10.1 Å². The Morgan fingerprint density at radius 2 is 1.89 bits per heavy atom. The number of ether oxygens (including phenoxy) is 1. The fourth-order valence-electron chi connectivity index (χ4n) is 1.66. The summed E-state index contributed by atoms with van der Waals surface area (Å²) in [6.45, 7) is 4.75. The fraction of sp³-hybridized carbons (Fsp3) is 0.267. The Labute approximate surface area is 108 Å². The highest BCUT2D eigenvalue weighted by Crippen LogP contribution is 2.11.